The van der Waals surface area contributed by atoms with Crippen LogP contribution in [0.15, 0.2) is 84.9 Å². The number of ether oxygens (including phenoxy) is 3. The minimum atomic E-state index is -0.966. The maximum atomic E-state index is 13.7. The standard InChI is InChI=1S/C25H23NO5/c1-29-20-15-13-19(14-16-20)24-26(23(27)18-11-7-4-8-12-18)21(17-9-5-3-6-10-17)22(31-24)25(28)30-2/h3-16,21-22,24H,1-2H3/t21?,22-,24?/m1/s1. The van der Waals surface area contributed by atoms with Crippen molar-refractivity contribution in [2.45, 2.75) is 18.4 Å². The zero-order valence-electron chi connectivity index (χ0n) is 17.3. The number of benzene rings is 3. The van der Waals surface area contributed by atoms with E-state index in [1.165, 1.54) is 7.11 Å². The molecule has 0 radical (unpaired) electrons. The molecule has 4 rings (SSSR count). The van der Waals surface area contributed by atoms with Crippen molar-refractivity contribution in [3.8, 4) is 5.75 Å². The lowest BCUT2D eigenvalue weighted by molar-refractivity contribution is -0.154. The molecule has 1 saturated heterocycles. The van der Waals surface area contributed by atoms with Crippen LogP contribution >= 0.6 is 0 Å². The predicted octanol–water partition coefficient (Wildman–Crippen LogP) is 4.15. The van der Waals surface area contributed by atoms with Crippen LogP contribution in [0.2, 0.25) is 0 Å². The van der Waals surface area contributed by atoms with E-state index < -0.39 is 24.3 Å². The van der Waals surface area contributed by atoms with Crippen molar-refractivity contribution in [1.82, 2.24) is 4.90 Å². The Morgan fingerprint density at radius 2 is 1.42 bits per heavy atom. The Bertz CT molecular complexity index is 1040. The van der Waals surface area contributed by atoms with Gasteiger partial charge in [-0.1, -0.05) is 60.7 Å². The van der Waals surface area contributed by atoms with Gasteiger partial charge < -0.3 is 14.2 Å². The summed E-state index contributed by atoms with van der Waals surface area (Å²) in [6.45, 7) is 0. The molecule has 1 aliphatic heterocycles. The molecule has 0 aliphatic carbocycles. The number of rotatable bonds is 5. The van der Waals surface area contributed by atoms with Gasteiger partial charge in [-0.05, 0) is 29.8 Å². The highest BCUT2D eigenvalue weighted by Crippen LogP contribution is 2.44. The van der Waals surface area contributed by atoms with E-state index >= 15 is 0 Å². The largest absolute Gasteiger partial charge is 0.497 e. The molecule has 0 spiro atoms. The summed E-state index contributed by atoms with van der Waals surface area (Å²) in [7, 11) is 2.91. The Hall–Kier alpha value is -3.64. The molecule has 1 heterocycles. The molecule has 0 saturated carbocycles. The van der Waals surface area contributed by atoms with Gasteiger partial charge in [-0.15, -0.1) is 0 Å². The lowest BCUT2D eigenvalue weighted by Gasteiger charge is -2.29. The number of nitrogens with zero attached hydrogens (tertiary/aromatic N) is 1. The van der Waals surface area contributed by atoms with E-state index in [1.54, 1.807) is 36.3 Å². The second-order valence-corrected chi connectivity index (χ2v) is 7.14. The number of hydrogen-bond acceptors (Lipinski definition) is 5. The first kappa shape index (κ1) is 20.6. The summed E-state index contributed by atoms with van der Waals surface area (Å²) >= 11 is 0. The second kappa shape index (κ2) is 9.02. The average molecular weight is 417 g/mol. The van der Waals surface area contributed by atoms with E-state index in [9.17, 15) is 9.59 Å². The van der Waals surface area contributed by atoms with Crippen molar-refractivity contribution in [1.29, 1.82) is 0 Å². The van der Waals surface area contributed by atoms with Gasteiger partial charge in [0.1, 0.15) is 5.75 Å². The molecule has 1 aliphatic rings. The van der Waals surface area contributed by atoms with Gasteiger partial charge in [-0.25, -0.2) is 4.79 Å². The van der Waals surface area contributed by atoms with E-state index in [4.69, 9.17) is 14.2 Å². The van der Waals surface area contributed by atoms with Gasteiger partial charge in [0, 0.05) is 11.1 Å². The van der Waals surface area contributed by atoms with Crippen molar-refractivity contribution in [2.75, 3.05) is 14.2 Å². The van der Waals surface area contributed by atoms with Gasteiger partial charge in [0.05, 0.1) is 20.3 Å². The third-order valence-corrected chi connectivity index (χ3v) is 5.35. The van der Waals surface area contributed by atoms with Crippen LogP contribution in [-0.4, -0.2) is 37.1 Å². The SMILES string of the molecule is COC(=O)[C@@H]1OC(c2ccc(OC)cc2)N(C(=O)c2ccccc2)C1c1ccccc1. The lowest BCUT2D eigenvalue weighted by Crippen LogP contribution is -2.37. The van der Waals surface area contributed by atoms with Crippen LogP contribution in [0.4, 0.5) is 0 Å². The summed E-state index contributed by atoms with van der Waals surface area (Å²) < 4.78 is 16.5. The maximum absolute atomic E-state index is 13.7. The Morgan fingerprint density at radius 1 is 0.806 bits per heavy atom. The molecule has 1 fully saturated rings. The van der Waals surface area contributed by atoms with E-state index in [0.717, 1.165) is 11.1 Å². The van der Waals surface area contributed by atoms with Crippen molar-refractivity contribution in [3.05, 3.63) is 102 Å². The fourth-order valence-corrected chi connectivity index (χ4v) is 3.83. The zero-order chi connectivity index (χ0) is 21.8. The zero-order valence-corrected chi connectivity index (χ0v) is 17.3. The highest BCUT2D eigenvalue weighted by Gasteiger charge is 2.50. The monoisotopic (exact) mass is 417 g/mol. The number of carbonyl (C=O) groups excluding carboxylic acids is 2. The maximum Gasteiger partial charge on any atom is 0.337 e. The smallest absolute Gasteiger partial charge is 0.337 e. The quantitative estimate of drug-likeness (QED) is 0.584. The molecule has 0 bridgehead atoms. The van der Waals surface area contributed by atoms with Crippen LogP contribution in [0.1, 0.15) is 33.8 Å². The van der Waals surface area contributed by atoms with E-state index in [1.807, 2.05) is 60.7 Å². The average Bonchev–Trinajstić information content (AvgIpc) is 3.25. The molecule has 6 nitrogen and oxygen atoms in total. The molecule has 158 valence electrons. The van der Waals surface area contributed by atoms with Crippen LogP contribution in [-0.2, 0) is 14.3 Å². The molecular formula is C25H23NO5. The van der Waals surface area contributed by atoms with Crippen LogP contribution < -0.4 is 4.74 Å². The molecule has 3 atom stereocenters. The number of amides is 1. The Morgan fingerprint density at radius 3 is 2.00 bits per heavy atom. The topological polar surface area (TPSA) is 65.1 Å². The van der Waals surface area contributed by atoms with Gasteiger partial charge in [0.2, 0.25) is 0 Å². The Kier molecular flexibility index (Phi) is 6.00. The van der Waals surface area contributed by atoms with Crippen LogP contribution in [0.25, 0.3) is 0 Å². The molecule has 2 unspecified atom stereocenters. The highest BCUT2D eigenvalue weighted by molar-refractivity contribution is 5.95. The van der Waals surface area contributed by atoms with E-state index in [2.05, 4.69) is 0 Å². The van der Waals surface area contributed by atoms with Crippen LogP contribution in [0.5, 0.6) is 5.75 Å². The molecular weight excluding hydrogens is 394 g/mol. The number of methoxy groups -OCH3 is 2. The first-order valence-electron chi connectivity index (χ1n) is 9.94. The summed E-state index contributed by atoms with van der Waals surface area (Å²) in [5.41, 5.74) is 2.03. The van der Waals surface area contributed by atoms with Crippen LogP contribution in [0, 0.1) is 0 Å². The molecule has 3 aromatic carbocycles. The molecule has 0 N–H and O–H groups in total. The van der Waals surface area contributed by atoms with Crippen LogP contribution in [0.3, 0.4) is 0 Å². The summed E-state index contributed by atoms with van der Waals surface area (Å²) in [5, 5.41) is 0. The predicted molar refractivity (Wildman–Crippen MR) is 114 cm³/mol. The fraction of sp³-hybridized carbons (Fsp3) is 0.200. The summed E-state index contributed by atoms with van der Waals surface area (Å²) in [5.74, 6) is -0.0794. The fourth-order valence-electron chi connectivity index (χ4n) is 3.83. The molecule has 31 heavy (non-hydrogen) atoms. The summed E-state index contributed by atoms with van der Waals surface area (Å²) in [4.78, 5) is 28.0. The molecule has 3 aromatic rings. The van der Waals surface area contributed by atoms with Crippen molar-refractivity contribution >= 4 is 11.9 Å². The molecule has 6 heteroatoms. The minimum Gasteiger partial charge on any atom is -0.497 e. The molecule has 1 amide bonds. The van der Waals surface area contributed by atoms with Gasteiger partial charge in [-0.2, -0.15) is 0 Å². The van der Waals surface area contributed by atoms with Crippen molar-refractivity contribution < 1.29 is 23.8 Å². The lowest BCUT2D eigenvalue weighted by atomic mass is 9.99. The van der Waals surface area contributed by atoms with Crippen molar-refractivity contribution in [2.24, 2.45) is 0 Å². The van der Waals surface area contributed by atoms with Gasteiger partial charge >= 0.3 is 5.97 Å². The first-order chi connectivity index (χ1) is 15.1. The van der Waals surface area contributed by atoms with Gasteiger partial charge in [0.25, 0.3) is 5.91 Å². The highest BCUT2D eigenvalue weighted by atomic mass is 16.6. The summed E-state index contributed by atoms with van der Waals surface area (Å²) in [6.07, 6.45) is -1.74. The number of carbonyl (C=O) groups is 2. The Balaban J connectivity index is 1.84. The van der Waals surface area contributed by atoms with Gasteiger partial charge in [0.15, 0.2) is 12.3 Å². The Labute approximate surface area is 181 Å². The van der Waals surface area contributed by atoms with Crippen molar-refractivity contribution in [3.63, 3.8) is 0 Å². The molecule has 0 aromatic heterocycles. The van der Waals surface area contributed by atoms with Gasteiger partial charge in [-0.3, -0.25) is 9.69 Å². The van der Waals surface area contributed by atoms with E-state index in [-0.39, 0.29) is 5.91 Å². The number of esters is 1. The first-order valence-corrected chi connectivity index (χ1v) is 9.94. The number of hydrogen-bond donors (Lipinski definition) is 0. The minimum absolute atomic E-state index is 0.235. The third kappa shape index (κ3) is 4.02. The third-order valence-electron chi connectivity index (χ3n) is 5.35. The summed E-state index contributed by atoms with van der Waals surface area (Å²) in [6, 6.07) is 25.0. The normalized spacial score (nSPS) is 20.3. The van der Waals surface area contributed by atoms with E-state index in [0.29, 0.717) is 11.3 Å². The second-order valence-electron chi connectivity index (χ2n) is 7.14.